The zero-order valence-corrected chi connectivity index (χ0v) is 14.6. The third-order valence-corrected chi connectivity index (χ3v) is 5.45. The van der Waals surface area contributed by atoms with Crippen molar-refractivity contribution in [2.75, 3.05) is 50.9 Å². The second-order valence-electron chi connectivity index (χ2n) is 7.39. The summed E-state index contributed by atoms with van der Waals surface area (Å²) in [5.74, 6) is 0.901. The van der Waals surface area contributed by atoms with Gasteiger partial charge in [0.15, 0.2) is 0 Å². The first-order valence-corrected chi connectivity index (χ1v) is 9.26. The number of hydrogen-bond donors (Lipinski definition) is 0. The van der Waals surface area contributed by atoms with Gasteiger partial charge in [-0.3, -0.25) is 4.79 Å². The van der Waals surface area contributed by atoms with E-state index in [1.807, 2.05) is 11.0 Å². The van der Waals surface area contributed by atoms with E-state index in [1.165, 1.54) is 0 Å². The van der Waals surface area contributed by atoms with Crippen LogP contribution in [-0.2, 0) is 14.3 Å². The molecule has 4 heterocycles. The van der Waals surface area contributed by atoms with Crippen LogP contribution in [0, 0.1) is 5.41 Å². The maximum Gasteiger partial charge on any atom is 0.251 e. The van der Waals surface area contributed by atoms with Gasteiger partial charge in [0.25, 0.3) is 5.91 Å². The quantitative estimate of drug-likeness (QED) is 0.799. The van der Waals surface area contributed by atoms with Crippen molar-refractivity contribution < 1.29 is 14.3 Å². The van der Waals surface area contributed by atoms with Crippen molar-refractivity contribution in [3.05, 3.63) is 18.5 Å². The molecule has 0 saturated carbocycles. The highest BCUT2D eigenvalue weighted by atomic mass is 16.5. The first-order valence-electron chi connectivity index (χ1n) is 9.26. The summed E-state index contributed by atoms with van der Waals surface area (Å²) in [6.45, 7) is 5.22. The van der Waals surface area contributed by atoms with Gasteiger partial charge in [0.1, 0.15) is 6.10 Å². The fourth-order valence-electron chi connectivity index (χ4n) is 4.24. The van der Waals surface area contributed by atoms with Crippen LogP contribution in [0.1, 0.15) is 25.7 Å². The molecule has 136 valence electrons. The molecule has 1 aromatic rings. The lowest BCUT2D eigenvalue weighted by Crippen LogP contribution is -2.54. The van der Waals surface area contributed by atoms with Crippen LogP contribution in [0.15, 0.2) is 18.5 Å². The van der Waals surface area contributed by atoms with E-state index in [-0.39, 0.29) is 17.4 Å². The third kappa shape index (κ3) is 3.62. The number of piperidine rings is 1. The maximum absolute atomic E-state index is 12.8. The van der Waals surface area contributed by atoms with Gasteiger partial charge in [0, 0.05) is 50.6 Å². The van der Waals surface area contributed by atoms with Gasteiger partial charge < -0.3 is 19.3 Å². The largest absolute Gasteiger partial charge is 0.379 e. The Bertz CT molecular complexity index is 593. The number of nitrogens with zero attached hydrogens (tertiary/aromatic N) is 4. The lowest BCUT2D eigenvalue weighted by molar-refractivity contribution is -0.145. The fraction of sp³-hybridized carbons (Fsp3) is 0.722. The number of rotatable bonds is 2. The van der Waals surface area contributed by atoms with Crippen molar-refractivity contribution in [2.45, 2.75) is 31.8 Å². The normalized spacial score (nSPS) is 30.5. The van der Waals surface area contributed by atoms with E-state index >= 15 is 0 Å². The molecule has 1 spiro atoms. The van der Waals surface area contributed by atoms with Crippen LogP contribution in [0.25, 0.3) is 0 Å². The summed E-state index contributed by atoms with van der Waals surface area (Å²) >= 11 is 0. The van der Waals surface area contributed by atoms with E-state index in [0.717, 1.165) is 57.8 Å². The molecule has 1 aromatic heterocycles. The van der Waals surface area contributed by atoms with Crippen LogP contribution in [0.2, 0.25) is 0 Å². The summed E-state index contributed by atoms with van der Waals surface area (Å²) in [4.78, 5) is 25.8. The molecule has 0 unspecified atom stereocenters. The van der Waals surface area contributed by atoms with E-state index in [9.17, 15) is 4.79 Å². The molecule has 3 fully saturated rings. The first-order chi connectivity index (χ1) is 12.3. The molecule has 25 heavy (non-hydrogen) atoms. The number of ether oxygens (including phenoxy) is 2. The lowest BCUT2D eigenvalue weighted by atomic mass is 9.80. The minimum Gasteiger partial charge on any atom is -0.379 e. The minimum absolute atomic E-state index is 0.0534. The maximum atomic E-state index is 12.8. The summed E-state index contributed by atoms with van der Waals surface area (Å²) in [6, 6.07) is 1.83. The molecular formula is C18H26N4O3. The molecule has 7 heteroatoms. The number of likely N-dealkylation sites (tertiary alicyclic amines) is 1. The summed E-state index contributed by atoms with van der Waals surface area (Å²) in [5.41, 5.74) is -0.0534. The van der Waals surface area contributed by atoms with Crippen LogP contribution >= 0.6 is 0 Å². The van der Waals surface area contributed by atoms with Crippen LogP contribution in [0.4, 0.5) is 5.95 Å². The molecule has 0 N–H and O–H groups in total. The summed E-state index contributed by atoms with van der Waals surface area (Å²) < 4.78 is 11.5. The van der Waals surface area contributed by atoms with Crippen molar-refractivity contribution in [1.29, 1.82) is 0 Å². The second-order valence-corrected chi connectivity index (χ2v) is 7.39. The molecular weight excluding hydrogens is 320 g/mol. The van der Waals surface area contributed by atoms with Gasteiger partial charge >= 0.3 is 0 Å². The molecule has 3 aliphatic rings. The van der Waals surface area contributed by atoms with E-state index in [4.69, 9.17) is 9.47 Å². The monoisotopic (exact) mass is 346 g/mol. The Morgan fingerprint density at radius 3 is 2.84 bits per heavy atom. The first kappa shape index (κ1) is 16.7. The Morgan fingerprint density at radius 2 is 2.04 bits per heavy atom. The van der Waals surface area contributed by atoms with E-state index < -0.39 is 0 Å². The minimum atomic E-state index is -0.240. The van der Waals surface area contributed by atoms with Crippen LogP contribution in [-0.4, -0.2) is 72.9 Å². The molecule has 4 rings (SSSR count). The van der Waals surface area contributed by atoms with Crippen molar-refractivity contribution in [2.24, 2.45) is 5.41 Å². The van der Waals surface area contributed by atoms with Gasteiger partial charge in [0.2, 0.25) is 5.95 Å². The van der Waals surface area contributed by atoms with E-state index in [0.29, 0.717) is 19.8 Å². The fourth-order valence-corrected chi connectivity index (χ4v) is 4.24. The van der Waals surface area contributed by atoms with Crippen molar-refractivity contribution in [1.82, 2.24) is 14.9 Å². The molecule has 2 atom stereocenters. The molecule has 0 aromatic carbocycles. The Hall–Kier alpha value is -1.73. The molecule has 0 radical (unpaired) electrons. The van der Waals surface area contributed by atoms with Crippen molar-refractivity contribution >= 4 is 11.9 Å². The van der Waals surface area contributed by atoms with Gasteiger partial charge in [-0.25, -0.2) is 9.97 Å². The van der Waals surface area contributed by atoms with Crippen LogP contribution in [0.3, 0.4) is 0 Å². The predicted molar refractivity (Wildman–Crippen MR) is 92.3 cm³/mol. The smallest absolute Gasteiger partial charge is 0.251 e. The molecule has 1 amide bonds. The lowest BCUT2D eigenvalue weighted by Gasteiger charge is -2.44. The second kappa shape index (κ2) is 7.25. The van der Waals surface area contributed by atoms with Crippen molar-refractivity contribution in [3.8, 4) is 0 Å². The van der Waals surface area contributed by atoms with E-state index in [1.54, 1.807) is 12.4 Å². The topological polar surface area (TPSA) is 67.8 Å². The average Bonchev–Trinajstić information content (AvgIpc) is 3.12. The van der Waals surface area contributed by atoms with Gasteiger partial charge in [-0.2, -0.15) is 0 Å². The SMILES string of the molecule is O=C([C@@H]1CCCO1)N1CCC[C@@]2(COCCN(c3ncccn3)C2)C1. The van der Waals surface area contributed by atoms with Crippen molar-refractivity contribution in [3.63, 3.8) is 0 Å². The predicted octanol–water partition coefficient (Wildman–Crippen LogP) is 1.10. The number of amides is 1. The standard InChI is InChI=1S/C18H26N4O3/c23-16(15-4-1-10-25-15)21-8-2-5-18(12-21)13-22(9-11-24-14-18)17-19-6-3-7-20-17/h3,6-7,15H,1-2,4-5,8-14H2/t15-,18+/m0/s1. The third-order valence-electron chi connectivity index (χ3n) is 5.45. The van der Waals surface area contributed by atoms with E-state index in [2.05, 4.69) is 14.9 Å². The number of carbonyl (C=O) groups is 1. The number of carbonyl (C=O) groups excluding carboxylic acids is 1. The van der Waals surface area contributed by atoms with Gasteiger partial charge in [-0.15, -0.1) is 0 Å². The Kier molecular flexibility index (Phi) is 4.85. The molecule has 3 saturated heterocycles. The Morgan fingerprint density at radius 1 is 1.16 bits per heavy atom. The van der Waals surface area contributed by atoms with Crippen LogP contribution < -0.4 is 4.90 Å². The molecule has 0 bridgehead atoms. The molecule has 0 aliphatic carbocycles. The zero-order chi connectivity index (χ0) is 17.1. The summed E-state index contributed by atoms with van der Waals surface area (Å²) in [7, 11) is 0. The number of anilines is 1. The summed E-state index contributed by atoms with van der Waals surface area (Å²) in [6.07, 6.45) is 7.21. The highest BCUT2D eigenvalue weighted by molar-refractivity contribution is 5.81. The van der Waals surface area contributed by atoms with Crippen LogP contribution in [0.5, 0.6) is 0 Å². The highest BCUT2D eigenvalue weighted by Gasteiger charge is 2.42. The molecule has 7 nitrogen and oxygen atoms in total. The average molecular weight is 346 g/mol. The van der Waals surface area contributed by atoms with Gasteiger partial charge in [0.05, 0.1) is 13.2 Å². The molecule has 3 aliphatic heterocycles. The number of aromatic nitrogens is 2. The zero-order valence-electron chi connectivity index (χ0n) is 14.6. The van der Waals surface area contributed by atoms with Gasteiger partial charge in [-0.05, 0) is 31.7 Å². The number of hydrogen-bond acceptors (Lipinski definition) is 6. The van der Waals surface area contributed by atoms with Gasteiger partial charge in [-0.1, -0.05) is 0 Å². The summed E-state index contributed by atoms with van der Waals surface area (Å²) in [5, 5.41) is 0. The Balaban J connectivity index is 1.49. The highest BCUT2D eigenvalue weighted by Crippen LogP contribution is 2.34. The Labute approximate surface area is 148 Å².